The van der Waals surface area contributed by atoms with Gasteiger partial charge in [-0.2, -0.15) is 0 Å². The first-order valence-electron chi connectivity index (χ1n) is 6.27. The Morgan fingerprint density at radius 3 is 2.50 bits per heavy atom. The smallest absolute Gasteiger partial charge is 0.137 e. The molecule has 1 aromatic rings. The van der Waals surface area contributed by atoms with E-state index in [0.29, 0.717) is 12.5 Å². The van der Waals surface area contributed by atoms with Gasteiger partial charge in [-0.05, 0) is 12.8 Å². The van der Waals surface area contributed by atoms with Crippen LogP contribution < -0.4 is 10.2 Å². The molecule has 0 radical (unpaired) electrons. The van der Waals surface area contributed by atoms with Crippen LogP contribution in [0.3, 0.4) is 0 Å². The van der Waals surface area contributed by atoms with Crippen LogP contribution in [0.1, 0.15) is 32.3 Å². The first kappa shape index (κ1) is 14.7. The van der Waals surface area contributed by atoms with Crippen LogP contribution in [0.5, 0.6) is 0 Å². The first-order chi connectivity index (χ1) is 8.52. The minimum Gasteiger partial charge on any atom is -0.383 e. The molecule has 0 aliphatic heterocycles. The Hall–Kier alpha value is -1.36. The van der Waals surface area contributed by atoms with Crippen molar-refractivity contribution in [3.8, 4) is 0 Å². The van der Waals surface area contributed by atoms with Gasteiger partial charge in [0, 0.05) is 26.8 Å². The highest BCUT2D eigenvalue weighted by molar-refractivity contribution is 5.60. The molecular weight excluding hydrogens is 228 g/mol. The van der Waals surface area contributed by atoms with Gasteiger partial charge in [0.25, 0.3) is 0 Å². The molecule has 0 fully saturated rings. The van der Waals surface area contributed by atoms with E-state index in [4.69, 9.17) is 4.74 Å². The van der Waals surface area contributed by atoms with Gasteiger partial charge in [0.2, 0.25) is 0 Å². The summed E-state index contributed by atoms with van der Waals surface area (Å²) in [5, 5.41) is 3.13. The van der Waals surface area contributed by atoms with Crippen molar-refractivity contribution in [2.24, 2.45) is 0 Å². The first-order valence-corrected chi connectivity index (χ1v) is 6.27. The van der Waals surface area contributed by atoms with E-state index in [2.05, 4.69) is 41.0 Å². The summed E-state index contributed by atoms with van der Waals surface area (Å²) in [6, 6.07) is 0.270. The highest BCUT2D eigenvalue weighted by Crippen LogP contribution is 2.30. The fourth-order valence-corrected chi connectivity index (χ4v) is 1.96. The van der Waals surface area contributed by atoms with Crippen LogP contribution in [-0.2, 0) is 4.74 Å². The summed E-state index contributed by atoms with van der Waals surface area (Å²) in [7, 11) is 5.64. The van der Waals surface area contributed by atoms with Crippen LogP contribution in [0.15, 0.2) is 6.33 Å². The third-order valence-electron chi connectivity index (χ3n) is 3.08. The molecule has 1 heterocycles. The van der Waals surface area contributed by atoms with Gasteiger partial charge >= 0.3 is 0 Å². The molecule has 0 spiro atoms. The normalized spacial score (nSPS) is 12.6. The standard InChI is InChI=1S/C13H24N4O/c1-9(2)11-12(14-4)15-8-16-13(11)17(5)10(3)7-18-6/h8-10H,7H2,1-6H3,(H,14,15,16). The Labute approximate surface area is 110 Å². The average Bonchev–Trinajstić information content (AvgIpc) is 2.36. The van der Waals surface area contributed by atoms with E-state index < -0.39 is 0 Å². The lowest BCUT2D eigenvalue weighted by Gasteiger charge is -2.28. The summed E-state index contributed by atoms with van der Waals surface area (Å²) in [4.78, 5) is 10.9. The van der Waals surface area contributed by atoms with E-state index in [1.165, 1.54) is 0 Å². The van der Waals surface area contributed by atoms with Gasteiger partial charge < -0.3 is 15.0 Å². The second-order valence-corrected chi connectivity index (χ2v) is 4.78. The number of hydrogen-bond acceptors (Lipinski definition) is 5. The molecule has 1 N–H and O–H groups in total. The molecule has 102 valence electrons. The zero-order valence-electron chi connectivity index (χ0n) is 12.2. The van der Waals surface area contributed by atoms with Gasteiger partial charge in [0.15, 0.2) is 0 Å². The maximum absolute atomic E-state index is 5.20. The zero-order chi connectivity index (χ0) is 13.7. The van der Waals surface area contributed by atoms with E-state index in [9.17, 15) is 0 Å². The number of methoxy groups -OCH3 is 1. The maximum Gasteiger partial charge on any atom is 0.137 e. The number of rotatable bonds is 6. The molecule has 1 aromatic heterocycles. The summed E-state index contributed by atoms with van der Waals surface area (Å²) in [6.45, 7) is 7.09. The third-order valence-corrected chi connectivity index (χ3v) is 3.08. The third kappa shape index (κ3) is 3.10. The Balaban J connectivity index is 3.14. The van der Waals surface area contributed by atoms with Crippen molar-refractivity contribution in [2.45, 2.75) is 32.7 Å². The summed E-state index contributed by atoms with van der Waals surface area (Å²) in [6.07, 6.45) is 1.60. The molecule has 0 bridgehead atoms. The molecular formula is C13H24N4O. The highest BCUT2D eigenvalue weighted by Gasteiger charge is 2.20. The lowest BCUT2D eigenvalue weighted by atomic mass is 10.0. The van der Waals surface area contributed by atoms with Gasteiger partial charge in [-0.25, -0.2) is 9.97 Å². The molecule has 1 unspecified atom stereocenters. The van der Waals surface area contributed by atoms with E-state index in [-0.39, 0.29) is 6.04 Å². The largest absolute Gasteiger partial charge is 0.383 e. The van der Waals surface area contributed by atoms with Crippen molar-refractivity contribution in [3.63, 3.8) is 0 Å². The van der Waals surface area contributed by atoms with Gasteiger partial charge in [-0.1, -0.05) is 13.8 Å². The zero-order valence-corrected chi connectivity index (χ0v) is 12.2. The number of nitrogens with one attached hydrogen (secondary N) is 1. The molecule has 18 heavy (non-hydrogen) atoms. The van der Waals surface area contributed by atoms with E-state index in [1.54, 1.807) is 13.4 Å². The van der Waals surface area contributed by atoms with Crippen molar-refractivity contribution in [1.82, 2.24) is 9.97 Å². The molecule has 0 amide bonds. The van der Waals surface area contributed by atoms with Crippen molar-refractivity contribution in [3.05, 3.63) is 11.9 Å². The molecule has 0 aliphatic rings. The minimum absolute atomic E-state index is 0.270. The summed E-state index contributed by atoms with van der Waals surface area (Å²) in [5.41, 5.74) is 1.14. The Kier molecular flexibility index (Phi) is 5.34. The fourth-order valence-electron chi connectivity index (χ4n) is 1.96. The van der Waals surface area contributed by atoms with Gasteiger partial charge in [0.1, 0.15) is 18.0 Å². The topological polar surface area (TPSA) is 50.3 Å². The molecule has 5 nitrogen and oxygen atoms in total. The second kappa shape index (κ2) is 6.54. The molecule has 0 aromatic carbocycles. The molecule has 1 atom stereocenters. The van der Waals surface area contributed by atoms with E-state index in [1.807, 2.05) is 14.1 Å². The number of anilines is 2. The minimum atomic E-state index is 0.270. The Bertz CT molecular complexity index is 381. The molecule has 1 rings (SSSR count). The summed E-state index contributed by atoms with van der Waals surface area (Å²) in [5.74, 6) is 2.22. The number of aromatic nitrogens is 2. The summed E-state index contributed by atoms with van der Waals surface area (Å²) < 4.78 is 5.20. The van der Waals surface area contributed by atoms with Gasteiger partial charge in [0.05, 0.1) is 12.6 Å². The monoisotopic (exact) mass is 252 g/mol. The van der Waals surface area contributed by atoms with Crippen molar-refractivity contribution in [2.75, 3.05) is 38.0 Å². The maximum atomic E-state index is 5.20. The molecule has 5 heteroatoms. The number of hydrogen-bond donors (Lipinski definition) is 1. The van der Waals surface area contributed by atoms with Crippen LogP contribution in [0.4, 0.5) is 11.6 Å². The van der Waals surface area contributed by atoms with Crippen LogP contribution in [0.25, 0.3) is 0 Å². The molecule has 0 saturated heterocycles. The number of ether oxygens (including phenoxy) is 1. The quantitative estimate of drug-likeness (QED) is 0.840. The second-order valence-electron chi connectivity index (χ2n) is 4.78. The van der Waals surface area contributed by atoms with Crippen molar-refractivity contribution >= 4 is 11.6 Å². The van der Waals surface area contributed by atoms with Crippen molar-refractivity contribution in [1.29, 1.82) is 0 Å². The van der Waals surface area contributed by atoms with Crippen LogP contribution >= 0.6 is 0 Å². The fraction of sp³-hybridized carbons (Fsp3) is 0.692. The number of nitrogens with zero attached hydrogens (tertiary/aromatic N) is 3. The average molecular weight is 252 g/mol. The molecule has 0 saturated carbocycles. The summed E-state index contributed by atoms with van der Waals surface area (Å²) >= 11 is 0. The van der Waals surface area contributed by atoms with E-state index in [0.717, 1.165) is 17.2 Å². The SMILES string of the molecule is CNc1ncnc(N(C)C(C)COC)c1C(C)C. The highest BCUT2D eigenvalue weighted by atomic mass is 16.5. The lowest BCUT2D eigenvalue weighted by molar-refractivity contribution is 0.183. The van der Waals surface area contributed by atoms with Gasteiger partial charge in [-0.3, -0.25) is 0 Å². The van der Waals surface area contributed by atoms with Crippen LogP contribution in [0, 0.1) is 0 Å². The predicted octanol–water partition coefficient (Wildman–Crippen LogP) is 2.11. The molecule has 0 aliphatic carbocycles. The Morgan fingerprint density at radius 1 is 1.33 bits per heavy atom. The van der Waals surface area contributed by atoms with E-state index >= 15 is 0 Å². The van der Waals surface area contributed by atoms with Crippen LogP contribution in [0.2, 0.25) is 0 Å². The van der Waals surface area contributed by atoms with Crippen LogP contribution in [-0.4, -0.2) is 43.8 Å². The predicted molar refractivity (Wildman–Crippen MR) is 75.4 cm³/mol. The van der Waals surface area contributed by atoms with Crippen molar-refractivity contribution < 1.29 is 4.74 Å². The van der Waals surface area contributed by atoms with Gasteiger partial charge in [-0.15, -0.1) is 0 Å². The number of likely N-dealkylation sites (N-methyl/N-ethyl adjacent to an activating group) is 1. The Morgan fingerprint density at radius 2 is 2.00 bits per heavy atom. The lowest BCUT2D eigenvalue weighted by Crippen LogP contribution is -2.34.